The van der Waals surface area contributed by atoms with Gasteiger partial charge in [0.2, 0.25) is 0 Å². The van der Waals surface area contributed by atoms with Crippen molar-refractivity contribution in [3.8, 4) is 6.07 Å². The van der Waals surface area contributed by atoms with Crippen LogP contribution in [0, 0.1) is 11.3 Å². The van der Waals surface area contributed by atoms with Gasteiger partial charge in [0.05, 0.1) is 12.6 Å². The van der Waals surface area contributed by atoms with E-state index in [-0.39, 0.29) is 0 Å². The summed E-state index contributed by atoms with van der Waals surface area (Å²) >= 11 is 0. The van der Waals surface area contributed by atoms with Crippen molar-refractivity contribution in [2.24, 2.45) is 0 Å². The van der Waals surface area contributed by atoms with Crippen molar-refractivity contribution in [2.45, 2.75) is 6.54 Å². The number of nitriles is 1. The molecule has 0 bridgehead atoms. The topological polar surface area (TPSA) is 48.7 Å². The molecule has 0 atom stereocenters. The molecule has 0 spiro atoms. The van der Waals surface area contributed by atoms with E-state index >= 15 is 0 Å². The molecule has 11 heavy (non-hydrogen) atoms. The minimum atomic E-state index is 0.391. The zero-order valence-electron chi connectivity index (χ0n) is 6.12. The van der Waals surface area contributed by atoms with Gasteiger partial charge in [-0.25, -0.2) is 0 Å². The average molecular weight is 147 g/mol. The van der Waals surface area contributed by atoms with Crippen LogP contribution in [0.5, 0.6) is 0 Å². The fourth-order valence-electron chi connectivity index (χ4n) is 0.763. The van der Waals surface area contributed by atoms with E-state index in [9.17, 15) is 0 Å². The van der Waals surface area contributed by atoms with Crippen LogP contribution in [0.2, 0.25) is 0 Å². The quantitative estimate of drug-likeness (QED) is 0.505. The van der Waals surface area contributed by atoms with Crippen molar-refractivity contribution >= 4 is 0 Å². The third kappa shape index (κ3) is 2.78. The van der Waals surface area contributed by atoms with E-state index < -0.39 is 0 Å². The number of nitrogens with one attached hydrogen (secondary N) is 1. The first-order valence-electron chi connectivity index (χ1n) is 3.40. The molecule has 1 heterocycles. The minimum absolute atomic E-state index is 0.391. The van der Waals surface area contributed by atoms with Crippen LogP contribution in [-0.4, -0.2) is 11.5 Å². The van der Waals surface area contributed by atoms with E-state index in [0.29, 0.717) is 6.54 Å². The number of hydrogen-bond donors (Lipinski definition) is 1. The van der Waals surface area contributed by atoms with Gasteiger partial charge in [-0.1, -0.05) is 0 Å². The Hall–Kier alpha value is -1.40. The van der Waals surface area contributed by atoms with Gasteiger partial charge in [0.15, 0.2) is 0 Å². The maximum atomic E-state index is 8.22. The lowest BCUT2D eigenvalue weighted by Gasteiger charge is -1.97. The van der Waals surface area contributed by atoms with E-state index in [2.05, 4.69) is 10.3 Å². The molecule has 0 aliphatic carbocycles. The standard InChI is InChI=1S/C8H9N3/c9-3-6-11-7-8-1-4-10-5-2-8/h1-2,4-5,11H,6-7H2. The van der Waals surface area contributed by atoms with E-state index in [0.717, 1.165) is 12.1 Å². The SMILES string of the molecule is N#CCNCc1ccncc1. The summed E-state index contributed by atoms with van der Waals surface area (Å²) in [5.74, 6) is 0. The lowest BCUT2D eigenvalue weighted by Crippen LogP contribution is -2.12. The summed E-state index contributed by atoms with van der Waals surface area (Å²) in [5.41, 5.74) is 1.15. The molecule has 0 unspecified atom stereocenters. The second-order valence-corrected chi connectivity index (χ2v) is 2.12. The highest BCUT2D eigenvalue weighted by Crippen LogP contribution is 1.93. The van der Waals surface area contributed by atoms with Gasteiger partial charge >= 0.3 is 0 Å². The molecular formula is C8H9N3. The van der Waals surface area contributed by atoms with Crippen molar-refractivity contribution < 1.29 is 0 Å². The predicted molar refractivity (Wildman–Crippen MR) is 41.6 cm³/mol. The summed E-state index contributed by atoms with van der Waals surface area (Å²) in [6.07, 6.45) is 3.48. The molecule has 0 fully saturated rings. The first-order chi connectivity index (χ1) is 5.43. The molecule has 0 saturated carbocycles. The Morgan fingerprint density at radius 3 is 2.82 bits per heavy atom. The van der Waals surface area contributed by atoms with Crippen LogP contribution in [0.1, 0.15) is 5.56 Å². The molecular weight excluding hydrogens is 138 g/mol. The second-order valence-electron chi connectivity index (χ2n) is 2.12. The largest absolute Gasteiger partial charge is 0.300 e. The van der Waals surface area contributed by atoms with E-state index in [4.69, 9.17) is 5.26 Å². The molecule has 0 amide bonds. The van der Waals surface area contributed by atoms with Crippen LogP contribution in [0.25, 0.3) is 0 Å². The fraction of sp³-hybridized carbons (Fsp3) is 0.250. The summed E-state index contributed by atoms with van der Waals surface area (Å²) in [4.78, 5) is 3.88. The van der Waals surface area contributed by atoms with Crippen LogP contribution >= 0.6 is 0 Å². The smallest absolute Gasteiger partial charge is 0.0843 e. The summed E-state index contributed by atoms with van der Waals surface area (Å²) in [6, 6.07) is 5.85. The van der Waals surface area contributed by atoms with Crippen LogP contribution in [0.3, 0.4) is 0 Å². The average Bonchev–Trinajstić information content (AvgIpc) is 2.07. The summed E-state index contributed by atoms with van der Waals surface area (Å²) in [7, 11) is 0. The second kappa shape index (κ2) is 4.42. The van der Waals surface area contributed by atoms with Gasteiger partial charge in [-0.3, -0.25) is 4.98 Å². The lowest BCUT2D eigenvalue weighted by molar-refractivity contribution is 0.764. The van der Waals surface area contributed by atoms with E-state index in [1.165, 1.54) is 0 Å². The van der Waals surface area contributed by atoms with Crippen molar-refractivity contribution in [1.82, 2.24) is 10.3 Å². The summed E-state index contributed by atoms with van der Waals surface area (Å²) in [5, 5.41) is 11.2. The van der Waals surface area contributed by atoms with Crippen LogP contribution in [0.15, 0.2) is 24.5 Å². The van der Waals surface area contributed by atoms with E-state index in [1.54, 1.807) is 12.4 Å². The molecule has 1 aromatic rings. The highest BCUT2D eigenvalue weighted by Gasteiger charge is 1.87. The van der Waals surface area contributed by atoms with Crippen LogP contribution in [-0.2, 0) is 6.54 Å². The first-order valence-corrected chi connectivity index (χ1v) is 3.40. The van der Waals surface area contributed by atoms with Gasteiger partial charge in [-0.2, -0.15) is 5.26 Å². The van der Waals surface area contributed by atoms with Gasteiger partial charge in [0.1, 0.15) is 0 Å². The fourth-order valence-corrected chi connectivity index (χ4v) is 0.763. The van der Waals surface area contributed by atoms with Crippen molar-refractivity contribution in [3.63, 3.8) is 0 Å². The number of aromatic nitrogens is 1. The van der Waals surface area contributed by atoms with Gasteiger partial charge in [-0.05, 0) is 17.7 Å². The van der Waals surface area contributed by atoms with Crippen molar-refractivity contribution in [1.29, 1.82) is 5.26 Å². The molecule has 0 aliphatic rings. The first kappa shape index (κ1) is 7.70. The zero-order chi connectivity index (χ0) is 7.94. The summed E-state index contributed by atoms with van der Waals surface area (Å²) in [6.45, 7) is 1.12. The normalized spacial score (nSPS) is 9.00. The molecule has 3 heteroatoms. The van der Waals surface area contributed by atoms with Gasteiger partial charge < -0.3 is 5.32 Å². The van der Waals surface area contributed by atoms with Gasteiger partial charge in [0.25, 0.3) is 0 Å². The maximum absolute atomic E-state index is 8.22. The van der Waals surface area contributed by atoms with Crippen molar-refractivity contribution in [3.05, 3.63) is 30.1 Å². The summed E-state index contributed by atoms with van der Waals surface area (Å²) < 4.78 is 0. The molecule has 1 aromatic heterocycles. The molecule has 56 valence electrons. The third-order valence-electron chi connectivity index (χ3n) is 1.28. The van der Waals surface area contributed by atoms with Gasteiger partial charge in [-0.15, -0.1) is 0 Å². The van der Waals surface area contributed by atoms with Gasteiger partial charge in [0, 0.05) is 18.9 Å². The Morgan fingerprint density at radius 2 is 2.18 bits per heavy atom. The molecule has 0 aromatic carbocycles. The Balaban J connectivity index is 2.35. The van der Waals surface area contributed by atoms with Crippen LogP contribution < -0.4 is 5.32 Å². The molecule has 0 radical (unpaired) electrons. The molecule has 1 rings (SSSR count). The van der Waals surface area contributed by atoms with Crippen molar-refractivity contribution in [2.75, 3.05) is 6.54 Å². The lowest BCUT2D eigenvalue weighted by atomic mass is 10.3. The number of hydrogen-bond acceptors (Lipinski definition) is 3. The highest BCUT2D eigenvalue weighted by atomic mass is 14.8. The minimum Gasteiger partial charge on any atom is -0.300 e. The third-order valence-corrected chi connectivity index (χ3v) is 1.28. The van der Waals surface area contributed by atoms with E-state index in [1.807, 2.05) is 18.2 Å². The Morgan fingerprint density at radius 1 is 1.45 bits per heavy atom. The molecule has 3 nitrogen and oxygen atoms in total. The molecule has 0 aliphatic heterocycles. The number of nitrogens with zero attached hydrogens (tertiary/aromatic N) is 2. The molecule has 0 saturated heterocycles. The highest BCUT2D eigenvalue weighted by molar-refractivity contribution is 5.09. The molecule has 1 N–H and O–H groups in total. The predicted octanol–water partition coefficient (Wildman–Crippen LogP) is 0.695. The maximum Gasteiger partial charge on any atom is 0.0843 e. The number of rotatable bonds is 3. The van der Waals surface area contributed by atoms with Crippen LogP contribution in [0.4, 0.5) is 0 Å². The number of pyridine rings is 1. The Bertz CT molecular complexity index is 237. The Kier molecular flexibility index (Phi) is 3.10. The monoisotopic (exact) mass is 147 g/mol. The zero-order valence-corrected chi connectivity index (χ0v) is 6.12. The Labute approximate surface area is 65.7 Å².